The molecule has 2 atom stereocenters. The SMILES string of the molecule is C=C1CCCC(CC)(CC(OC)Oc2ccc(C)cc2)C1. The summed E-state index contributed by atoms with van der Waals surface area (Å²) in [6.07, 6.45) is 6.70. The minimum atomic E-state index is -0.182. The summed E-state index contributed by atoms with van der Waals surface area (Å²) in [5.74, 6) is 0.883. The minimum absolute atomic E-state index is 0.182. The van der Waals surface area contributed by atoms with Gasteiger partial charge in [0.2, 0.25) is 0 Å². The van der Waals surface area contributed by atoms with Gasteiger partial charge in [0.25, 0.3) is 0 Å². The van der Waals surface area contributed by atoms with Gasteiger partial charge in [-0.2, -0.15) is 0 Å². The largest absolute Gasteiger partial charge is 0.465 e. The molecule has 0 aliphatic heterocycles. The van der Waals surface area contributed by atoms with E-state index in [1.807, 2.05) is 12.1 Å². The van der Waals surface area contributed by atoms with Gasteiger partial charge in [-0.25, -0.2) is 0 Å². The van der Waals surface area contributed by atoms with Gasteiger partial charge >= 0.3 is 0 Å². The van der Waals surface area contributed by atoms with Crippen LogP contribution in [0.4, 0.5) is 0 Å². The predicted octanol–water partition coefficient (Wildman–Crippen LogP) is 5.26. The third-order valence-electron chi connectivity index (χ3n) is 4.76. The Morgan fingerprint density at radius 1 is 1.29 bits per heavy atom. The molecule has 2 heteroatoms. The van der Waals surface area contributed by atoms with Crippen LogP contribution in [-0.4, -0.2) is 13.4 Å². The van der Waals surface area contributed by atoms with Crippen LogP contribution in [0.1, 0.15) is 51.0 Å². The summed E-state index contributed by atoms with van der Waals surface area (Å²) in [6.45, 7) is 8.56. The molecule has 2 nitrogen and oxygen atoms in total. The Labute approximate surface area is 129 Å². The molecule has 0 amide bonds. The van der Waals surface area contributed by atoms with E-state index in [2.05, 4.69) is 32.6 Å². The smallest absolute Gasteiger partial charge is 0.200 e. The average Bonchev–Trinajstić information content (AvgIpc) is 2.49. The van der Waals surface area contributed by atoms with Crippen LogP contribution < -0.4 is 4.74 Å². The minimum Gasteiger partial charge on any atom is -0.465 e. The molecule has 0 radical (unpaired) electrons. The predicted molar refractivity (Wildman–Crippen MR) is 87.6 cm³/mol. The van der Waals surface area contributed by atoms with Crippen molar-refractivity contribution in [3.8, 4) is 5.75 Å². The highest BCUT2D eigenvalue weighted by atomic mass is 16.7. The Balaban J connectivity index is 2.03. The number of hydrogen-bond acceptors (Lipinski definition) is 2. The molecule has 1 aromatic rings. The highest BCUT2D eigenvalue weighted by Crippen LogP contribution is 2.45. The van der Waals surface area contributed by atoms with Crippen molar-refractivity contribution < 1.29 is 9.47 Å². The summed E-state index contributed by atoms with van der Waals surface area (Å²) in [7, 11) is 1.74. The first kappa shape index (κ1) is 16.1. The third-order valence-corrected chi connectivity index (χ3v) is 4.76. The van der Waals surface area contributed by atoms with E-state index in [1.165, 1.54) is 30.4 Å². The van der Waals surface area contributed by atoms with Gasteiger partial charge in [0, 0.05) is 13.5 Å². The molecule has 1 aliphatic rings. The van der Waals surface area contributed by atoms with Crippen molar-refractivity contribution in [2.24, 2.45) is 5.41 Å². The Morgan fingerprint density at radius 2 is 2.00 bits per heavy atom. The zero-order valence-electron chi connectivity index (χ0n) is 13.7. The molecule has 1 saturated carbocycles. The quantitative estimate of drug-likeness (QED) is 0.525. The standard InChI is InChI=1S/C19H28O2/c1-5-19(12-6-7-16(3)13-19)14-18(20-4)21-17-10-8-15(2)9-11-17/h8-11,18H,3,5-7,12-14H2,1-2,4H3. The van der Waals surface area contributed by atoms with Crippen LogP contribution in [0.2, 0.25) is 0 Å². The maximum Gasteiger partial charge on any atom is 0.200 e. The van der Waals surface area contributed by atoms with Crippen LogP contribution in [0, 0.1) is 12.3 Å². The van der Waals surface area contributed by atoms with E-state index < -0.39 is 0 Å². The van der Waals surface area contributed by atoms with Crippen LogP contribution in [0.25, 0.3) is 0 Å². The second kappa shape index (κ2) is 7.13. The third kappa shape index (κ3) is 4.34. The normalized spacial score (nSPS) is 23.9. The summed E-state index contributed by atoms with van der Waals surface area (Å²) in [5.41, 5.74) is 2.92. The van der Waals surface area contributed by atoms with Gasteiger partial charge < -0.3 is 9.47 Å². The number of benzene rings is 1. The van der Waals surface area contributed by atoms with E-state index in [0.29, 0.717) is 5.41 Å². The van der Waals surface area contributed by atoms with E-state index >= 15 is 0 Å². The summed E-state index contributed by atoms with van der Waals surface area (Å²) >= 11 is 0. The molecular weight excluding hydrogens is 260 g/mol. The zero-order valence-corrected chi connectivity index (χ0v) is 13.7. The van der Waals surface area contributed by atoms with Gasteiger partial charge in [0.15, 0.2) is 6.29 Å². The summed E-state index contributed by atoms with van der Waals surface area (Å²) in [6, 6.07) is 8.17. The van der Waals surface area contributed by atoms with E-state index in [1.54, 1.807) is 7.11 Å². The van der Waals surface area contributed by atoms with Gasteiger partial charge in [-0.3, -0.25) is 0 Å². The van der Waals surface area contributed by atoms with Crippen molar-refractivity contribution in [3.05, 3.63) is 42.0 Å². The Hall–Kier alpha value is -1.28. The Morgan fingerprint density at radius 3 is 2.57 bits per heavy atom. The highest BCUT2D eigenvalue weighted by Gasteiger charge is 2.35. The molecule has 0 spiro atoms. The van der Waals surface area contributed by atoms with Crippen molar-refractivity contribution >= 4 is 0 Å². The number of hydrogen-bond donors (Lipinski definition) is 0. The van der Waals surface area contributed by atoms with Crippen molar-refractivity contribution in [2.75, 3.05) is 7.11 Å². The maximum absolute atomic E-state index is 6.03. The molecule has 0 aromatic heterocycles. The molecule has 21 heavy (non-hydrogen) atoms. The fourth-order valence-corrected chi connectivity index (χ4v) is 3.34. The van der Waals surface area contributed by atoms with Gasteiger partial charge in [0.05, 0.1) is 0 Å². The first-order chi connectivity index (χ1) is 10.1. The van der Waals surface area contributed by atoms with E-state index in [0.717, 1.165) is 25.0 Å². The summed E-state index contributed by atoms with van der Waals surface area (Å²) in [4.78, 5) is 0. The molecular formula is C19H28O2. The molecule has 116 valence electrons. The van der Waals surface area contributed by atoms with E-state index in [4.69, 9.17) is 9.47 Å². The topological polar surface area (TPSA) is 18.5 Å². The lowest BCUT2D eigenvalue weighted by Gasteiger charge is -2.39. The van der Waals surface area contributed by atoms with Crippen LogP contribution in [0.5, 0.6) is 5.75 Å². The molecule has 2 rings (SSSR count). The lowest BCUT2D eigenvalue weighted by molar-refractivity contribution is -0.0865. The second-order valence-electron chi connectivity index (χ2n) is 6.43. The first-order valence-corrected chi connectivity index (χ1v) is 8.00. The lowest BCUT2D eigenvalue weighted by Crippen LogP contribution is -2.33. The highest BCUT2D eigenvalue weighted by molar-refractivity contribution is 5.26. The molecule has 2 unspecified atom stereocenters. The molecule has 0 N–H and O–H groups in total. The molecule has 0 bridgehead atoms. The van der Waals surface area contributed by atoms with Crippen molar-refractivity contribution in [3.63, 3.8) is 0 Å². The average molecular weight is 288 g/mol. The maximum atomic E-state index is 6.03. The zero-order chi connectivity index (χ0) is 15.3. The van der Waals surface area contributed by atoms with Crippen LogP contribution in [0.15, 0.2) is 36.4 Å². The van der Waals surface area contributed by atoms with Gasteiger partial charge in [-0.15, -0.1) is 0 Å². The fraction of sp³-hybridized carbons (Fsp3) is 0.579. The monoisotopic (exact) mass is 288 g/mol. The molecule has 1 fully saturated rings. The van der Waals surface area contributed by atoms with E-state index in [9.17, 15) is 0 Å². The molecule has 1 aromatic carbocycles. The number of aryl methyl sites for hydroxylation is 1. The lowest BCUT2D eigenvalue weighted by atomic mass is 9.68. The molecule has 1 aliphatic carbocycles. The van der Waals surface area contributed by atoms with Crippen LogP contribution in [0.3, 0.4) is 0 Å². The molecule has 0 heterocycles. The first-order valence-electron chi connectivity index (χ1n) is 8.00. The fourth-order valence-electron chi connectivity index (χ4n) is 3.34. The van der Waals surface area contributed by atoms with Gasteiger partial charge in [0.1, 0.15) is 5.75 Å². The van der Waals surface area contributed by atoms with Crippen LogP contribution >= 0.6 is 0 Å². The van der Waals surface area contributed by atoms with Crippen molar-refractivity contribution in [1.29, 1.82) is 0 Å². The Kier molecular flexibility index (Phi) is 5.46. The van der Waals surface area contributed by atoms with E-state index in [-0.39, 0.29) is 6.29 Å². The van der Waals surface area contributed by atoms with Crippen molar-refractivity contribution in [2.45, 2.75) is 58.7 Å². The summed E-state index contributed by atoms with van der Waals surface area (Å²) in [5, 5.41) is 0. The van der Waals surface area contributed by atoms with Crippen molar-refractivity contribution in [1.82, 2.24) is 0 Å². The van der Waals surface area contributed by atoms with Crippen LogP contribution in [-0.2, 0) is 4.74 Å². The van der Waals surface area contributed by atoms with Gasteiger partial charge in [-0.1, -0.05) is 36.8 Å². The number of allylic oxidation sites excluding steroid dienone is 1. The number of ether oxygens (including phenoxy) is 2. The van der Waals surface area contributed by atoms with Gasteiger partial charge in [-0.05, 0) is 56.6 Å². The Bertz CT molecular complexity index is 463. The number of methoxy groups -OCH3 is 1. The second-order valence-corrected chi connectivity index (χ2v) is 6.43. The number of rotatable bonds is 6. The summed E-state index contributed by atoms with van der Waals surface area (Å²) < 4.78 is 11.6. The molecule has 0 saturated heterocycles.